The highest BCUT2D eigenvalue weighted by atomic mass is 32.1. The number of aromatic nitrogens is 1. The van der Waals surface area contributed by atoms with E-state index in [1.165, 1.54) is 28.0 Å². The fourth-order valence-corrected chi connectivity index (χ4v) is 4.16. The number of thiazole rings is 1. The number of benzene rings is 1. The van der Waals surface area contributed by atoms with Crippen molar-refractivity contribution < 1.29 is 9.59 Å². The van der Waals surface area contributed by atoms with Crippen LogP contribution in [0, 0.1) is 20.8 Å². The highest BCUT2D eigenvalue weighted by molar-refractivity contribution is 7.09. The van der Waals surface area contributed by atoms with Crippen LogP contribution in [0.2, 0.25) is 0 Å². The van der Waals surface area contributed by atoms with Gasteiger partial charge < -0.3 is 0 Å². The molecule has 6 nitrogen and oxygen atoms in total. The monoisotopic (exact) mass is 386 g/mol. The molecule has 1 fully saturated rings. The molecule has 2 heterocycles. The third kappa shape index (κ3) is 5.14. The Morgan fingerprint density at radius 3 is 2.67 bits per heavy atom. The second-order valence-corrected chi connectivity index (χ2v) is 8.07. The number of aryl methyl sites for hydroxylation is 3. The molecule has 2 N–H and O–H groups in total. The number of hydrogen-bond donors (Lipinski definition) is 2. The zero-order valence-electron chi connectivity index (χ0n) is 16.0. The molecule has 0 bridgehead atoms. The predicted octanol–water partition coefficient (Wildman–Crippen LogP) is 2.60. The van der Waals surface area contributed by atoms with Crippen LogP contribution in [0.1, 0.15) is 46.3 Å². The maximum Gasteiger partial charge on any atom is 0.252 e. The van der Waals surface area contributed by atoms with Gasteiger partial charge in [-0.15, -0.1) is 11.3 Å². The van der Waals surface area contributed by atoms with E-state index in [2.05, 4.69) is 52.8 Å². The van der Waals surface area contributed by atoms with Crippen molar-refractivity contribution >= 4 is 23.2 Å². The Balaban J connectivity index is 1.50. The molecule has 1 aliphatic rings. The van der Waals surface area contributed by atoms with Crippen LogP contribution >= 0.6 is 11.3 Å². The molecule has 1 unspecified atom stereocenters. The topological polar surface area (TPSA) is 74.3 Å². The summed E-state index contributed by atoms with van der Waals surface area (Å²) in [6.07, 6.45) is 2.29. The Bertz CT molecular complexity index is 833. The van der Waals surface area contributed by atoms with Gasteiger partial charge in [-0.25, -0.2) is 4.98 Å². The molecule has 2 aromatic rings. The fraction of sp³-hybridized carbons (Fsp3) is 0.450. The van der Waals surface area contributed by atoms with Gasteiger partial charge in [0.05, 0.1) is 13.0 Å². The molecule has 1 aromatic heterocycles. The molecular formula is C20H26N4O2S. The average molecular weight is 387 g/mol. The summed E-state index contributed by atoms with van der Waals surface area (Å²) in [5.41, 5.74) is 9.72. The number of likely N-dealkylation sites (tertiary alicyclic amines) is 1. The van der Waals surface area contributed by atoms with E-state index in [9.17, 15) is 9.59 Å². The molecule has 2 amide bonds. The van der Waals surface area contributed by atoms with E-state index in [-0.39, 0.29) is 30.8 Å². The third-order valence-electron chi connectivity index (χ3n) is 4.95. The van der Waals surface area contributed by atoms with Crippen molar-refractivity contribution in [3.8, 4) is 0 Å². The summed E-state index contributed by atoms with van der Waals surface area (Å²) in [4.78, 5) is 30.7. The van der Waals surface area contributed by atoms with Crippen LogP contribution in [0.4, 0.5) is 0 Å². The largest absolute Gasteiger partial charge is 0.287 e. The lowest BCUT2D eigenvalue weighted by Crippen LogP contribution is -2.46. The molecule has 0 radical (unpaired) electrons. The molecule has 3 rings (SSSR count). The van der Waals surface area contributed by atoms with Crippen molar-refractivity contribution in [2.45, 2.75) is 46.1 Å². The van der Waals surface area contributed by atoms with E-state index in [1.54, 1.807) is 0 Å². The summed E-state index contributed by atoms with van der Waals surface area (Å²) >= 11 is 1.45. The second-order valence-electron chi connectivity index (χ2n) is 7.13. The summed E-state index contributed by atoms with van der Waals surface area (Å²) < 4.78 is 0. The minimum atomic E-state index is -0.259. The number of carbonyl (C=O) groups is 2. The highest BCUT2D eigenvalue weighted by Gasteiger charge is 2.27. The van der Waals surface area contributed by atoms with Gasteiger partial charge in [-0.05, 0) is 56.8 Å². The second kappa shape index (κ2) is 8.63. The number of nitrogens with one attached hydrogen (secondary N) is 2. The van der Waals surface area contributed by atoms with Crippen LogP contribution in [0.3, 0.4) is 0 Å². The molecule has 27 heavy (non-hydrogen) atoms. The first-order chi connectivity index (χ1) is 12.9. The number of hydrogen-bond acceptors (Lipinski definition) is 5. The molecule has 1 saturated heterocycles. The normalized spacial score (nSPS) is 17.1. The van der Waals surface area contributed by atoms with Crippen LogP contribution in [0.5, 0.6) is 0 Å². The Morgan fingerprint density at radius 2 is 1.96 bits per heavy atom. The number of nitrogens with zero attached hydrogens (tertiary/aromatic N) is 2. The molecule has 0 saturated carbocycles. The highest BCUT2D eigenvalue weighted by Crippen LogP contribution is 2.32. The maximum atomic E-state index is 12.3. The van der Waals surface area contributed by atoms with Gasteiger partial charge >= 0.3 is 0 Å². The molecular weight excluding hydrogens is 360 g/mol. The SMILES string of the molecule is Cc1csc(CC(=O)NNC(=O)CN2CCCC2c2ccc(C)c(C)c2)n1. The van der Waals surface area contributed by atoms with E-state index >= 15 is 0 Å². The maximum absolute atomic E-state index is 12.3. The number of rotatable bonds is 5. The van der Waals surface area contributed by atoms with Gasteiger partial charge in [-0.3, -0.25) is 25.3 Å². The first kappa shape index (κ1) is 19.5. The van der Waals surface area contributed by atoms with E-state index < -0.39 is 0 Å². The first-order valence-corrected chi connectivity index (χ1v) is 10.1. The summed E-state index contributed by atoms with van der Waals surface area (Å²) in [6, 6.07) is 6.76. The van der Waals surface area contributed by atoms with E-state index in [1.807, 2.05) is 12.3 Å². The zero-order chi connectivity index (χ0) is 19.4. The smallest absolute Gasteiger partial charge is 0.252 e. The van der Waals surface area contributed by atoms with Gasteiger partial charge in [-0.1, -0.05) is 18.2 Å². The fourth-order valence-electron chi connectivity index (χ4n) is 3.39. The molecule has 0 aliphatic carbocycles. The quantitative estimate of drug-likeness (QED) is 0.775. The van der Waals surface area contributed by atoms with E-state index in [0.29, 0.717) is 0 Å². The Hall–Kier alpha value is -2.25. The molecule has 1 aromatic carbocycles. The Morgan fingerprint density at radius 1 is 1.19 bits per heavy atom. The van der Waals surface area contributed by atoms with Gasteiger partial charge in [0.2, 0.25) is 5.91 Å². The van der Waals surface area contributed by atoms with Crippen molar-refractivity contribution in [3.05, 3.63) is 51.0 Å². The van der Waals surface area contributed by atoms with Gasteiger partial charge in [-0.2, -0.15) is 0 Å². The standard InChI is InChI=1S/C20H26N4O2S/c1-13-6-7-16(9-14(13)2)17-5-4-8-24(17)11-19(26)23-22-18(25)10-20-21-15(3)12-27-20/h6-7,9,12,17H,4-5,8,10-11H2,1-3H3,(H,22,25)(H,23,26). The number of amides is 2. The number of hydrazine groups is 1. The minimum absolute atomic E-state index is 0.174. The van der Waals surface area contributed by atoms with Crippen molar-refractivity contribution in [3.63, 3.8) is 0 Å². The van der Waals surface area contributed by atoms with Crippen LogP contribution in [0.15, 0.2) is 23.6 Å². The van der Waals surface area contributed by atoms with Crippen molar-refractivity contribution in [1.29, 1.82) is 0 Å². The van der Waals surface area contributed by atoms with Gasteiger partial charge in [0.1, 0.15) is 5.01 Å². The van der Waals surface area contributed by atoms with Gasteiger partial charge in [0, 0.05) is 17.1 Å². The lowest BCUT2D eigenvalue weighted by Gasteiger charge is -2.24. The summed E-state index contributed by atoms with van der Waals surface area (Å²) in [5, 5.41) is 2.65. The molecule has 1 atom stereocenters. The summed E-state index contributed by atoms with van der Waals surface area (Å²) in [6.45, 7) is 7.27. The van der Waals surface area contributed by atoms with Gasteiger partial charge in [0.25, 0.3) is 5.91 Å². The summed E-state index contributed by atoms with van der Waals surface area (Å²) in [5.74, 6) is -0.459. The lowest BCUT2D eigenvalue weighted by atomic mass is 9.99. The summed E-state index contributed by atoms with van der Waals surface area (Å²) in [7, 11) is 0. The Kier molecular flexibility index (Phi) is 6.23. The zero-order valence-corrected chi connectivity index (χ0v) is 16.9. The molecule has 1 aliphatic heterocycles. The third-order valence-corrected chi connectivity index (χ3v) is 5.91. The minimum Gasteiger partial charge on any atom is -0.287 e. The molecule has 0 spiro atoms. The van der Waals surface area contributed by atoms with Crippen LogP contribution in [-0.2, 0) is 16.0 Å². The van der Waals surface area contributed by atoms with Crippen LogP contribution in [-0.4, -0.2) is 34.8 Å². The van der Waals surface area contributed by atoms with E-state index in [0.717, 1.165) is 30.1 Å². The van der Waals surface area contributed by atoms with E-state index in [4.69, 9.17) is 0 Å². The average Bonchev–Trinajstić information content (AvgIpc) is 3.24. The first-order valence-electron chi connectivity index (χ1n) is 9.22. The molecule has 7 heteroatoms. The van der Waals surface area contributed by atoms with Gasteiger partial charge in [0.15, 0.2) is 0 Å². The predicted molar refractivity (Wildman–Crippen MR) is 106 cm³/mol. The van der Waals surface area contributed by atoms with Crippen molar-refractivity contribution in [2.24, 2.45) is 0 Å². The van der Waals surface area contributed by atoms with Crippen molar-refractivity contribution in [1.82, 2.24) is 20.7 Å². The van der Waals surface area contributed by atoms with Crippen molar-refractivity contribution in [2.75, 3.05) is 13.1 Å². The lowest BCUT2D eigenvalue weighted by molar-refractivity contribution is -0.129. The Labute approximate surface area is 164 Å². The van der Waals surface area contributed by atoms with Crippen LogP contribution in [0.25, 0.3) is 0 Å². The number of carbonyl (C=O) groups excluding carboxylic acids is 2. The van der Waals surface area contributed by atoms with Crippen LogP contribution < -0.4 is 10.9 Å². The molecule has 144 valence electrons.